The molecule has 3 atom stereocenters. The number of aliphatic carboxylic acids is 1. The predicted molar refractivity (Wildman–Crippen MR) is 142 cm³/mol. The Morgan fingerprint density at radius 1 is 1.05 bits per heavy atom. The number of carbonyl (C=O) groups excluding carboxylic acids is 2. The summed E-state index contributed by atoms with van der Waals surface area (Å²) in [5.74, 6) is -0.857. The summed E-state index contributed by atoms with van der Waals surface area (Å²) >= 11 is 0. The van der Waals surface area contributed by atoms with Crippen LogP contribution in [0.4, 0.5) is 4.79 Å². The van der Waals surface area contributed by atoms with Gasteiger partial charge in [0.1, 0.15) is 29.5 Å². The summed E-state index contributed by atoms with van der Waals surface area (Å²) in [5, 5.41) is 14.8. The number of carbonyl (C=O) groups is 3. The summed E-state index contributed by atoms with van der Waals surface area (Å²) in [5.41, 5.74) is -0.936. The first-order chi connectivity index (χ1) is 18.0. The van der Waals surface area contributed by atoms with Crippen LogP contribution in [0.2, 0.25) is 0 Å². The molecule has 2 N–H and O–H groups in total. The number of amides is 2. The summed E-state index contributed by atoms with van der Waals surface area (Å²) in [6, 6.07) is 9.42. The number of nitrogens with one attached hydrogen (secondary N) is 1. The summed E-state index contributed by atoms with van der Waals surface area (Å²) in [6.07, 6.45) is 2.91. The molecule has 0 radical (unpaired) electrons. The van der Waals surface area contributed by atoms with Crippen LogP contribution < -0.4 is 10.1 Å². The highest BCUT2D eigenvalue weighted by Crippen LogP contribution is 2.41. The zero-order chi connectivity index (χ0) is 27.7. The molecule has 2 amide bonds. The Balaban J connectivity index is 1.62. The SMILES string of the molecule is COc1ccc2cc([C@]3(OC)C[C@@H](C(=O)O)N(C(=O)[C@@H](NC(=O)OC4CCCC4)C(C)(C)C)C3)ccc2c1. The Morgan fingerprint density at radius 2 is 1.71 bits per heavy atom. The Labute approximate surface area is 223 Å². The molecule has 1 aliphatic carbocycles. The van der Waals surface area contributed by atoms with E-state index in [2.05, 4.69) is 5.32 Å². The molecule has 1 aliphatic heterocycles. The second kappa shape index (κ2) is 10.8. The first kappa shape index (κ1) is 27.7. The van der Waals surface area contributed by atoms with E-state index in [0.717, 1.165) is 47.8 Å². The van der Waals surface area contributed by atoms with E-state index in [4.69, 9.17) is 14.2 Å². The number of benzene rings is 2. The molecule has 38 heavy (non-hydrogen) atoms. The lowest BCUT2D eigenvalue weighted by Gasteiger charge is -2.35. The highest BCUT2D eigenvalue weighted by molar-refractivity contribution is 5.91. The van der Waals surface area contributed by atoms with Crippen LogP contribution in [-0.2, 0) is 24.7 Å². The molecular weight excluding hydrogens is 488 g/mol. The van der Waals surface area contributed by atoms with Crippen molar-refractivity contribution in [3.63, 3.8) is 0 Å². The van der Waals surface area contributed by atoms with Crippen molar-refractivity contribution >= 4 is 28.7 Å². The van der Waals surface area contributed by atoms with Crippen LogP contribution >= 0.6 is 0 Å². The maximum absolute atomic E-state index is 13.9. The van der Waals surface area contributed by atoms with Crippen LogP contribution in [0.25, 0.3) is 10.8 Å². The lowest BCUT2D eigenvalue weighted by Crippen LogP contribution is -2.57. The van der Waals surface area contributed by atoms with Gasteiger partial charge in [-0.1, -0.05) is 39.0 Å². The molecule has 9 nitrogen and oxygen atoms in total. The molecule has 1 heterocycles. The molecule has 2 aromatic carbocycles. The fourth-order valence-corrected chi connectivity index (χ4v) is 5.56. The third-order valence-corrected chi connectivity index (χ3v) is 7.81. The number of hydrogen-bond acceptors (Lipinski definition) is 6. The lowest BCUT2D eigenvalue weighted by atomic mass is 9.85. The molecule has 2 fully saturated rings. The molecule has 0 unspecified atom stereocenters. The maximum Gasteiger partial charge on any atom is 0.408 e. The van der Waals surface area contributed by atoms with Crippen molar-refractivity contribution in [3.8, 4) is 5.75 Å². The Bertz CT molecular complexity index is 1200. The minimum atomic E-state index is -1.12. The highest BCUT2D eigenvalue weighted by Gasteiger charge is 2.52. The average Bonchev–Trinajstić information content (AvgIpc) is 3.54. The number of fused-ring (bicyclic) bond motifs is 1. The predicted octanol–water partition coefficient (Wildman–Crippen LogP) is 4.46. The van der Waals surface area contributed by atoms with Crippen LogP contribution in [0, 0.1) is 5.41 Å². The minimum Gasteiger partial charge on any atom is -0.497 e. The number of carboxylic acids is 1. The first-order valence-corrected chi connectivity index (χ1v) is 13.1. The Hall–Kier alpha value is -3.33. The first-order valence-electron chi connectivity index (χ1n) is 13.1. The van der Waals surface area contributed by atoms with E-state index >= 15 is 0 Å². The van der Waals surface area contributed by atoms with Crippen LogP contribution in [-0.4, -0.2) is 66.9 Å². The maximum atomic E-state index is 13.9. The molecular formula is C29H38N2O7. The van der Waals surface area contributed by atoms with Gasteiger partial charge in [-0.2, -0.15) is 0 Å². The van der Waals surface area contributed by atoms with Gasteiger partial charge in [-0.05, 0) is 65.6 Å². The second-order valence-corrected chi connectivity index (χ2v) is 11.4. The normalized spacial score (nSPS) is 22.9. The van der Waals surface area contributed by atoms with Gasteiger partial charge < -0.3 is 29.5 Å². The van der Waals surface area contributed by atoms with Gasteiger partial charge in [0.15, 0.2) is 0 Å². The van der Waals surface area contributed by atoms with Gasteiger partial charge in [0.05, 0.1) is 13.7 Å². The number of alkyl carbamates (subject to hydrolysis) is 1. The number of ether oxygens (including phenoxy) is 3. The van der Waals surface area contributed by atoms with E-state index in [0.29, 0.717) is 0 Å². The van der Waals surface area contributed by atoms with Crippen molar-refractivity contribution in [1.82, 2.24) is 10.2 Å². The van der Waals surface area contributed by atoms with Crippen molar-refractivity contribution in [3.05, 3.63) is 42.0 Å². The van der Waals surface area contributed by atoms with Gasteiger partial charge in [-0.25, -0.2) is 9.59 Å². The minimum absolute atomic E-state index is 0.0346. The van der Waals surface area contributed by atoms with Crippen LogP contribution in [0.5, 0.6) is 5.75 Å². The molecule has 0 bridgehead atoms. The lowest BCUT2D eigenvalue weighted by molar-refractivity contribution is -0.150. The zero-order valence-electron chi connectivity index (χ0n) is 22.8. The summed E-state index contributed by atoms with van der Waals surface area (Å²) in [6.45, 7) is 5.53. The van der Waals surface area contributed by atoms with E-state index in [9.17, 15) is 19.5 Å². The van der Waals surface area contributed by atoms with Gasteiger partial charge >= 0.3 is 12.1 Å². The largest absolute Gasteiger partial charge is 0.497 e. The third-order valence-electron chi connectivity index (χ3n) is 7.81. The van der Waals surface area contributed by atoms with Crippen molar-refractivity contribution in [1.29, 1.82) is 0 Å². The number of rotatable bonds is 7. The van der Waals surface area contributed by atoms with Gasteiger partial charge in [0.2, 0.25) is 5.91 Å². The van der Waals surface area contributed by atoms with Gasteiger partial charge in [-0.15, -0.1) is 0 Å². The highest BCUT2D eigenvalue weighted by atomic mass is 16.6. The number of likely N-dealkylation sites (tertiary alicyclic amines) is 1. The molecule has 2 aliphatic rings. The van der Waals surface area contributed by atoms with E-state index in [1.165, 1.54) is 12.0 Å². The number of carboxylic acid groups (broad SMARTS) is 1. The smallest absolute Gasteiger partial charge is 0.408 e. The van der Waals surface area contributed by atoms with Crippen molar-refractivity contribution in [2.45, 2.75) is 76.7 Å². The van der Waals surface area contributed by atoms with Crippen LogP contribution in [0.3, 0.4) is 0 Å². The van der Waals surface area contributed by atoms with Crippen LogP contribution in [0.15, 0.2) is 36.4 Å². The summed E-state index contributed by atoms with van der Waals surface area (Å²) in [4.78, 5) is 40.3. The molecule has 9 heteroatoms. The second-order valence-electron chi connectivity index (χ2n) is 11.4. The summed E-state index contributed by atoms with van der Waals surface area (Å²) < 4.78 is 16.8. The van der Waals surface area contributed by atoms with E-state index in [1.807, 2.05) is 57.2 Å². The topological polar surface area (TPSA) is 114 Å². The van der Waals surface area contributed by atoms with E-state index in [1.54, 1.807) is 7.11 Å². The summed E-state index contributed by atoms with van der Waals surface area (Å²) in [7, 11) is 3.14. The fraction of sp³-hybridized carbons (Fsp3) is 0.552. The van der Waals surface area contributed by atoms with Crippen molar-refractivity contribution in [2.75, 3.05) is 20.8 Å². The average molecular weight is 527 g/mol. The standard InChI is InChI=1S/C29H38N2O7/c1-28(2,3)24(30-27(35)38-21-8-6-7-9-21)25(32)31-17-29(37-5,16-23(31)26(33)34)20-12-10-19-15-22(36-4)13-11-18(19)14-20/h10-15,21,23-24H,6-9,16-17H2,1-5H3,(H,30,35)(H,33,34)/t23-,24+,29-/m0/s1. The Morgan fingerprint density at radius 3 is 2.32 bits per heavy atom. The molecule has 2 aromatic rings. The van der Waals surface area contributed by atoms with Crippen LogP contribution in [0.1, 0.15) is 58.4 Å². The fourth-order valence-electron chi connectivity index (χ4n) is 5.56. The monoisotopic (exact) mass is 526 g/mol. The molecule has 4 rings (SSSR count). The van der Waals surface area contributed by atoms with Gasteiger partial charge in [0.25, 0.3) is 0 Å². The number of nitrogens with zero attached hydrogens (tertiary/aromatic N) is 1. The molecule has 206 valence electrons. The van der Waals surface area contributed by atoms with Gasteiger partial charge in [-0.3, -0.25) is 4.79 Å². The molecule has 0 aromatic heterocycles. The van der Waals surface area contributed by atoms with E-state index in [-0.39, 0.29) is 19.1 Å². The molecule has 1 saturated heterocycles. The number of hydrogen-bond donors (Lipinski definition) is 2. The van der Waals surface area contributed by atoms with E-state index < -0.39 is 41.1 Å². The third kappa shape index (κ3) is 5.57. The zero-order valence-corrected chi connectivity index (χ0v) is 22.8. The quantitative estimate of drug-likeness (QED) is 0.547. The van der Waals surface area contributed by atoms with Gasteiger partial charge in [0, 0.05) is 13.5 Å². The molecule has 0 spiro atoms. The van der Waals surface area contributed by atoms with Crippen molar-refractivity contribution in [2.24, 2.45) is 5.41 Å². The molecule has 1 saturated carbocycles. The number of methoxy groups -OCH3 is 2. The van der Waals surface area contributed by atoms with Crippen molar-refractivity contribution < 1.29 is 33.7 Å². The Kier molecular flexibility index (Phi) is 7.88.